The summed E-state index contributed by atoms with van der Waals surface area (Å²) in [5, 5.41) is 4.73. The highest BCUT2D eigenvalue weighted by molar-refractivity contribution is 6.74. The minimum Gasteiger partial charge on any atom is -0.544 e. The van der Waals surface area contributed by atoms with Gasteiger partial charge in [0.2, 0.25) is 8.32 Å². The fraction of sp³-hybridized carbons (Fsp3) is 0.486. The van der Waals surface area contributed by atoms with Crippen molar-refractivity contribution in [3.63, 3.8) is 0 Å². The van der Waals surface area contributed by atoms with Gasteiger partial charge >= 0.3 is 12.1 Å². The Hall–Kier alpha value is -4.25. The molecule has 4 rings (SSSR count). The molecule has 1 heterocycles. The van der Waals surface area contributed by atoms with Crippen molar-refractivity contribution in [2.45, 2.75) is 90.3 Å². The molecule has 48 heavy (non-hydrogen) atoms. The Morgan fingerprint density at radius 2 is 1.52 bits per heavy atom. The number of amides is 2. The Bertz CT molecular complexity index is 1630. The molecule has 0 radical (unpaired) electrons. The van der Waals surface area contributed by atoms with E-state index in [2.05, 4.69) is 39.2 Å². The van der Waals surface area contributed by atoms with Gasteiger partial charge in [-0.3, -0.25) is 4.79 Å². The number of likely N-dealkylation sites (tertiary alicyclic amines) is 1. The molecule has 0 spiro atoms. The van der Waals surface area contributed by atoms with E-state index in [1.54, 1.807) is 69.2 Å². The van der Waals surface area contributed by atoms with E-state index in [4.69, 9.17) is 23.4 Å². The van der Waals surface area contributed by atoms with Crippen molar-refractivity contribution in [2.24, 2.45) is 0 Å². The van der Waals surface area contributed by atoms with Crippen LogP contribution in [0.5, 0.6) is 17.2 Å². The molecule has 0 aliphatic carbocycles. The second-order valence-corrected chi connectivity index (χ2v) is 19.5. The average Bonchev–Trinajstić information content (AvgIpc) is 3.20. The number of fused-ring (bicyclic) bond motifs is 1. The monoisotopic (exact) mass is 678 g/mol. The quantitative estimate of drug-likeness (QED) is 0.192. The smallest absolute Gasteiger partial charge is 0.410 e. The van der Waals surface area contributed by atoms with Gasteiger partial charge < -0.3 is 33.6 Å². The number of hydrogen-bond donors (Lipinski definition) is 1. The molecule has 0 bridgehead atoms. The fourth-order valence-corrected chi connectivity index (χ4v) is 6.22. The van der Waals surface area contributed by atoms with Crippen LogP contribution in [0.15, 0.2) is 54.6 Å². The summed E-state index contributed by atoms with van der Waals surface area (Å²) in [7, 11) is 1.02. The number of nitrogens with one attached hydrogen (secondary N) is 1. The van der Waals surface area contributed by atoms with E-state index in [1.165, 1.54) is 7.11 Å². The molecule has 2 amide bonds. The summed E-state index contributed by atoms with van der Waals surface area (Å²) in [6.45, 7) is 16.7. The Balaban J connectivity index is 1.60. The van der Waals surface area contributed by atoms with Gasteiger partial charge in [0.25, 0.3) is 5.91 Å². The summed E-state index contributed by atoms with van der Waals surface area (Å²) in [6.07, 6.45) is -0.277. The van der Waals surface area contributed by atoms with Crippen molar-refractivity contribution in [1.82, 2.24) is 10.2 Å². The zero-order valence-electron chi connectivity index (χ0n) is 29.9. The van der Waals surface area contributed by atoms with Crippen LogP contribution >= 0.6 is 0 Å². The van der Waals surface area contributed by atoms with Gasteiger partial charge in [-0.05, 0) is 111 Å². The van der Waals surface area contributed by atoms with Crippen LogP contribution in [-0.4, -0.2) is 76.2 Å². The van der Waals surface area contributed by atoms with Crippen molar-refractivity contribution in [1.29, 1.82) is 0 Å². The first kappa shape index (κ1) is 36.6. The molecule has 11 heteroatoms. The molecular weight excluding hydrogens is 628 g/mol. The minimum atomic E-state index is -2.06. The lowest BCUT2D eigenvalue weighted by Crippen LogP contribution is -2.51. The first-order chi connectivity index (χ1) is 22.4. The normalized spacial score (nSPS) is 17.2. The Labute approximate surface area is 285 Å². The summed E-state index contributed by atoms with van der Waals surface area (Å²) < 4.78 is 29.1. The van der Waals surface area contributed by atoms with Gasteiger partial charge in [-0.1, -0.05) is 26.8 Å². The Morgan fingerprint density at radius 3 is 2.12 bits per heavy atom. The first-order valence-electron chi connectivity index (χ1n) is 16.4. The van der Waals surface area contributed by atoms with E-state index in [9.17, 15) is 14.4 Å². The third kappa shape index (κ3) is 9.00. The number of carbonyl (C=O) groups is 3. The lowest BCUT2D eigenvalue weighted by Gasteiger charge is -2.36. The number of nitrogens with zero attached hydrogens (tertiary/aromatic N) is 1. The number of hydrogen-bond acceptors (Lipinski definition) is 8. The van der Waals surface area contributed by atoms with Gasteiger partial charge in [0.1, 0.15) is 34.5 Å². The van der Waals surface area contributed by atoms with E-state index in [0.29, 0.717) is 42.2 Å². The molecule has 1 aliphatic rings. The van der Waals surface area contributed by atoms with Crippen LogP contribution in [0, 0.1) is 0 Å². The zero-order valence-corrected chi connectivity index (χ0v) is 30.9. The van der Waals surface area contributed by atoms with E-state index < -0.39 is 38.1 Å². The number of ether oxygens (including phenoxy) is 4. The summed E-state index contributed by atoms with van der Waals surface area (Å²) in [6, 6.07) is 15.4. The molecule has 0 aromatic heterocycles. The predicted molar refractivity (Wildman–Crippen MR) is 189 cm³/mol. The number of esters is 1. The van der Waals surface area contributed by atoms with Gasteiger partial charge in [0.15, 0.2) is 0 Å². The predicted octanol–water partition coefficient (Wildman–Crippen LogP) is 7.60. The van der Waals surface area contributed by atoms with Gasteiger partial charge in [-0.2, -0.15) is 0 Å². The Kier molecular flexibility index (Phi) is 11.0. The molecule has 10 nitrogen and oxygen atoms in total. The topological polar surface area (TPSA) is 113 Å². The Morgan fingerprint density at radius 1 is 0.854 bits per heavy atom. The molecule has 1 fully saturated rings. The van der Waals surface area contributed by atoms with Crippen LogP contribution < -0.4 is 19.2 Å². The maximum absolute atomic E-state index is 13.8. The third-order valence-electron chi connectivity index (χ3n) is 8.89. The highest BCUT2D eigenvalue weighted by Crippen LogP contribution is 2.37. The van der Waals surface area contributed by atoms with Crippen molar-refractivity contribution in [2.75, 3.05) is 27.3 Å². The standard InChI is InChI=1S/C37H50N2O8Si/c1-36(2,3)46-35(42)39-19-11-12-31(45-34(41)29-21-26-20-28(43-7)18-15-25(26)22-32(29)44-8)30(23-39)38-33(40)24-13-16-27(17-14-24)47-48(9,10)37(4,5)6/h13-18,20-22,30-31H,11-12,19,23H2,1-10H3,(H,38,40)/t30-,31-/m1/s1. The fourth-order valence-electron chi connectivity index (χ4n) is 5.19. The second-order valence-electron chi connectivity index (χ2n) is 14.7. The van der Waals surface area contributed by atoms with Crippen LogP contribution in [0.4, 0.5) is 4.79 Å². The van der Waals surface area contributed by atoms with E-state index in [-0.39, 0.29) is 23.1 Å². The zero-order chi connectivity index (χ0) is 35.4. The average molecular weight is 679 g/mol. The van der Waals surface area contributed by atoms with Crippen molar-refractivity contribution < 1.29 is 37.8 Å². The molecular formula is C37H50N2O8Si. The van der Waals surface area contributed by atoms with Crippen LogP contribution in [-0.2, 0) is 9.47 Å². The van der Waals surface area contributed by atoms with Gasteiger partial charge in [-0.25, -0.2) is 9.59 Å². The first-order valence-corrected chi connectivity index (χ1v) is 19.3. The highest BCUT2D eigenvalue weighted by Gasteiger charge is 2.39. The lowest BCUT2D eigenvalue weighted by molar-refractivity contribution is 0.0125. The van der Waals surface area contributed by atoms with Crippen LogP contribution in [0.1, 0.15) is 75.1 Å². The summed E-state index contributed by atoms with van der Waals surface area (Å²) in [5.74, 6) is 0.764. The summed E-state index contributed by atoms with van der Waals surface area (Å²) >= 11 is 0. The molecule has 3 aromatic carbocycles. The number of carbonyl (C=O) groups excluding carboxylic acids is 3. The van der Waals surface area contributed by atoms with Crippen molar-refractivity contribution >= 4 is 37.1 Å². The summed E-state index contributed by atoms with van der Waals surface area (Å²) in [5.41, 5.74) is -0.0351. The number of benzene rings is 3. The third-order valence-corrected chi connectivity index (χ3v) is 13.2. The molecule has 1 aliphatic heterocycles. The van der Waals surface area contributed by atoms with Crippen LogP contribution in [0.3, 0.4) is 0 Å². The van der Waals surface area contributed by atoms with Gasteiger partial charge in [0, 0.05) is 18.7 Å². The minimum absolute atomic E-state index is 0.0265. The molecule has 0 saturated carbocycles. The molecule has 0 unspecified atom stereocenters. The maximum atomic E-state index is 13.8. The highest BCUT2D eigenvalue weighted by atomic mass is 28.4. The van der Waals surface area contributed by atoms with Crippen LogP contribution in [0.25, 0.3) is 10.8 Å². The van der Waals surface area contributed by atoms with Crippen LogP contribution in [0.2, 0.25) is 18.1 Å². The van der Waals surface area contributed by atoms with E-state index in [0.717, 1.165) is 10.8 Å². The number of methoxy groups -OCH3 is 2. The molecule has 1 N–H and O–H groups in total. The van der Waals surface area contributed by atoms with Gasteiger partial charge in [-0.15, -0.1) is 0 Å². The number of rotatable bonds is 8. The van der Waals surface area contributed by atoms with Crippen molar-refractivity contribution in [3.8, 4) is 17.2 Å². The van der Waals surface area contributed by atoms with E-state index >= 15 is 0 Å². The summed E-state index contributed by atoms with van der Waals surface area (Å²) in [4.78, 5) is 42.1. The van der Waals surface area contributed by atoms with Crippen molar-refractivity contribution in [3.05, 3.63) is 65.7 Å². The van der Waals surface area contributed by atoms with Gasteiger partial charge in [0.05, 0.1) is 20.3 Å². The maximum Gasteiger partial charge on any atom is 0.410 e. The molecule has 260 valence electrons. The lowest BCUT2D eigenvalue weighted by atomic mass is 10.0. The molecule has 3 aromatic rings. The SMILES string of the molecule is COc1ccc2cc(OC)c(C(=O)O[C@@H]3CCCN(C(=O)OC(C)(C)C)C[C@H]3NC(=O)c3ccc(O[Si](C)(C)C(C)(C)C)cc3)cc2c1. The van der Waals surface area contributed by atoms with E-state index in [1.807, 2.05) is 18.2 Å². The molecule has 1 saturated heterocycles. The molecule has 2 atom stereocenters. The largest absolute Gasteiger partial charge is 0.544 e. The second kappa shape index (κ2) is 14.5.